The zero-order valence-electron chi connectivity index (χ0n) is 12.7. The molecule has 0 radical (unpaired) electrons. The number of nitrogens with zero attached hydrogens (tertiary/aromatic N) is 1. The molecule has 6 heteroatoms. The molecule has 0 saturated carbocycles. The van der Waals surface area contributed by atoms with E-state index in [1.54, 1.807) is 27.2 Å². The number of halogens is 2. The Kier molecular flexibility index (Phi) is 5.37. The van der Waals surface area contributed by atoms with E-state index in [-0.39, 0.29) is 11.4 Å². The molecule has 0 amide bonds. The second kappa shape index (κ2) is 7.07. The minimum Gasteiger partial charge on any atom is -0.454 e. The van der Waals surface area contributed by atoms with Gasteiger partial charge in [0.2, 0.25) is 0 Å². The van der Waals surface area contributed by atoms with E-state index in [4.69, 9.17) is 9.47 Å². The van der Waals surface area contributed by atoms with Crippen molar-refractivity contribution in [2.24, 2.45) is 0 Å². The SMILES string of the molecule is COCCn1cc(Oc2c(C)cc(F)cc2C)c(Br)cc1=O. The number of methoxy groups -OCH3 is 1. The molecule has 0 spiro atoms. The zero-order chi connectivity index (χ0) is 16.3. The summed E-state index contributed by atoms with van der Waals surface area (Å²) in [5.74, 6) is 0.777. The van der Waals surface area contributed by atoms with Crippen molar-refractivity contribution >= 4 is 15.9 Å². The van der Waals surface area contributed by atoms with Gasteiger partial charge in [-0.25, -0.2) is 4.39 Å². The van der Waals surface area contributed by atoms with Crippen LogP contribution < -0.4 is 10.3 Å². The van der Waals surface area contributed by atoms with Gasteiger partial charge in [0.05, 0.1) is 17.3 Å². The third-order valence-corrected chi connectivity index (χ3v) is 3.83. The fourth-order valence-corrected chi connectivity index (χ4v) is 2.52. The summed E-state index contributed by atoms with van der Waals surface area (Å²) in [6.45, 7) is 4.41. The molecule has 118 valence electrons. The van der Waals surface area contributed by atoms with Crippen molar-refractivity contribution in [3.63, 3.8) is 0 Å². The van der Waals surface area contributed by atoms with Gasteiger partial charge >= 0.3 is 0 Å². The largest absolute Gasteiger partial charge is 0.454 e. The minimum atomic E-state index is -0.300. The summed E-state index contributed by atoms with van der Waals surface area (Å²) in [7, 11) is 1.58. The van der Waals surface area contributed by atoms with E-state index in [0.717, 1.165) is 0 Å². The lowest BCUT2D eigenvalue weighted by atomic mass is 10.1. The van der Waals surface area contributed by atoms with Crippen LogP contribution in [0.15, 0.2) is 33.7 Å². The van der Waals surface area contributed by atoms with E-state index in [9.17, 15) is 9.18 Å². The lowest BCUT2D eigenvalue weighted by Gasteiger charge is -2.15. The molecule has 0 aliphatic rings. The van der Waals surface area contributed by atoms with E-state index < -0.39 is 0 Å². The molecule has 0 saturated heterocycles. The second-order valence-electron chi connectivity index (χ2n) is 4.98. The highest BCUT2D eigenvalue weighted by Crippen LogP contribution is 2.33. The maximum atomic E-state index is 13.4. The van der Waals surface area contributed by atoms with E-state index in [1.807, 2.05) is 0 Å². The summed E-state index contributed by atoms with van der Waals surface area (Å²) < 4.78 is 26.3. The van der Waals surface area contributed by atoms with Gasteiger partial charge in [0.25, 0.3) is 5.56 Å². The van der Waals surface area contributed by atoms with Gasteiger partial charge in [-0.05, 0) is 53.0 Å². The molecule has 0 aliphatic carbocycles. The van der Waals surface area contributed by atoms with Gasteiger partial charge < -0.3 is 14.0 Å². The predicted octanol–water partition coefficient (Wildman–Crippen LogP) is 3.81. The molecule has 1 aromatic heterocycles. The second-order valence-corrected chi connectivity index (χ2v) is 5.84. The summed E-state index contributed by atoms with van der Waals surface area (Å²) >= 11 is 3.33. The first kappa shape index (κ1) is 16.7. The molecule has 4 nitrogen and oxygen atoms in total. The average molecular weight is 370 g/mol. The highest BCUT2D eigenvalue weighted by molar-refractivity contribution is 9.10. The Labute approximate surface area is 136 Å². The van der Waals surface area contributed by atoms with Gasteiger partial charge in [-0.1, -0.05) is 0 Å². The summed E-state index contributed by atoms with van der Waals surface area (Å²) in [6, 6.07) is 4.27. The van der Waals surface area contributed by atoms with Gasteiger partial charge in [-0.3, -0.25) is 4.79 Å². The van der Waals surface area contributed by atoms with E-state index in [1.165, 1.54) is 22.8 Å². The quantitative estimate of drug-likeness (QED) is 0.804. The van der Waals surface area contributed by atoms with Crippen molar-refractivity contribution < 1.29 is 13.9 Å². The Hall–Kier alpha value is -1.66. The van der Waals surface area contributed by atoms with Crippen LogP contribution in [0.4, 0.5) is 4.39 Å². The summed E-state index contributed by atoms with van der Waals surface area (Å²) in [4.78, 5) is 11.9. The third-order valence-electron chi connectivity index (χ3n) is 3.22. The first-order valence-electron chi connectivity index (χ1n) is 6.76. The Morgan fingerprint density at radius 1 is 1.23 bits per heavy atom. The van der Waals surface area contributed by atoms with Crippen LogP contribution in [0, 0.1) is 19.7 Å². The van der Waals surface area contributed by atoms with Crippen LogP contribution in [0.3, 0.4) is 0 Å². The number of benzene rings is 1. The summed E-state index contributed by atoms with van der Waals surface area (Å²) in [5.41, 5.74) is 1.24. The lowest BCUT2D eigenvalue weighted by Crippen LogP contribution is -2.21. The molecule has 0 aliphatic heterocycles. The number of aryl methyl sites for hydroxylation is 2. The number of ether oxygens (including phenoxy) is 2. The normalized spacial score (nSPS) is 10.8. The Bertz CT molecular complexity index is 720. The van der Waals surface area contributed by atoms with Gasteiger partial charge in [0.15, 0.2) is 5.75 Å². The van der Waals surface area contributed by atoms with Crippen molar-refractivity contribution in [2.75, 3.05) is 13.7 Å². The fourth-order valence-electron chi connectivity index (χ4n) is 2.14. The molecule has 1 heterocycles. The number of aromatic nitrogens is 1. The molecular formula is C16H17BrFNO3. The Morgan fingerprint density at radius 2 is 1.86 bits per heavy atom. The minimum absolute atomic E-state index is 0.149. The van der Waals surface area contributed by atoms with Crippen LogP contribution in [0.25, 0.3) is 0 Å². The smallest absolute Gasteiger partial charge is 0.251 e. The zero-order valence-corrected chi connectivity index (χ0v) is 14.2. The van der Waals surface area contributed by atoms with E-state index >= 15 is 0 Å². The van der Waals surface area contributed by atoms with Gasteiger partial charge in [0, 0.05) is 19.7 Å². The molecule has 0 atom stereocenters. The Balaban J connectivity index is 2.39. The monoisotopic (exact) mass is 369 g/mol. The molecule has 0 bridgehead atoms. The molecule has 0 N–H and O–H groups in total. The lowest BCUT2D eigenvalue weighted by molar-refractivity contribution is 0.186. The maximum Gasteiger partial charge on any atom is 0.251 e. The highest BCUT2D eigenvalue weighted by Gasteiger charge is 2.12. The van der Waals surface area contributed by atoms with E-state index in [2.05, 4.69) is 15.9 Å². The molecule has 0 fully saturated rings. The van der Waals surface area contributed by atoms with Crippen molar-refractivity contribution in [2.45, 2.75) is 20.4 Å². The summed E-state index contributed by atoms with van der Waals surface area (Å²) in [6.07, 6.45) is 1.62. The van der Waals surface area contributed by atoms with Crippen LogP contribution in [0.1, 0.15) is 11.1 Å². The third kappa shape index (κ3) is 3.75. The van der Waals surface area contributed by atoms with Crippen LogP contribution in [0.5, 0.6) is 11.5 Å². The van der Waals surface area contributed by atoms with Gasteiger partial charge in [-0.15, -0.1) is 0 Å². The number of rotatable bonds is 5. The Morgan fingerprint density at radius 3 is 2.45 bits per heavy atom. The topological polar surface area (TPSA) is 40.5 Å². The van der Waals surface area contributed by atoms with Gasteiger partial charge in [-0.2, -0.15) is 0 Å². The molecule has 0 unspecified atom stereocenters. The van der Waals surface area contributed by atoms with Crippen molar-refractivity contribution in [1.82, 2.24) is 4.57 Å². The molecule has 1 aromatic carbocycles. The number of hydrogen-bond donors (Lipinski definition) is 0. The van der Waals surface area contributed by atoms with Crippen molar-refractivity contribution in [3.8, 4) is 11.5 Å². The highest BCUT2D eigenvalue weighted by atomic mass is 79.9. The fraction of sp³-hybridized carbons (Fsp3) is 0.312. The molecular weight excluding hydrogens is 353 g/mol. The maximum absolute atomic E-state index is 13.4. The standard InChI is InChI=1S/C16H17BrFNO3/c1-10-6-12(18)7-11(2)16(10)22-14-9-19(4-5-21-3)15(20)8-13(14)17/h6-9H,4-5H2,1-3H3. The van der Waals surface area contributed by atoms with Crippen molar-refractivity contribution in [1.29, 1.82) is 0 Å². The molecule has 2 rings (SSSR count). The van der Waals surface area contributed by atoms with Crippen LogP contribution in [-0.2, 0) is 11.3 Å². The number of pyridine rings is 1. The van der Waals surface area contributed by atoms with Crippen LogP contribution in [0.2, 0.25) is 0 Å². The predicted molar refractivity (Wildman–Crippen MR) is 86.2 cm³/mol. The van der Waals surface area contributed by atoms with E-state index in [0.29, 0.717) is 40.3 Å². The van der Waals surface area contributed by atoms with Gasteiger partial charge in [0.1, 0.15) is 11.6 Å². The first-order chi connectivity index (χ1) is 10.4. The average Bonchev–Trinajstić information content (AvgIpc) is 2.43. The molecule has 2 aromatic rings. The van der Waals surface area contributed by atoms with Crippen molar-refractivity contribution in [3.05, 3.63) is 56.2 Å². The first-order valence-corrected chi connectivity index (χ1v) is 7.55. The van der Waals surface area contributed by atoms with Crippen LogP contribution >= 0.6 is 15.9 Å². The number of hydrogen-bond acceptors (Lipinski definition) is 3. The summed E-state index contributed by atoms with van der Waals surface area (Å²) in [5, 5.41) is 0. The molecule has 22 heavy (non-hydrogen) atoms. The van der Waals surface area contributed by atoms with Crippen LogP contribution in [-0.4, -0.2) is 18.3 Å².